The van der Waals surface area contributed by atoms with Crippen LogP contribution in [0.3, 0.4) is 0 Å². The molecule has 1 unspecified atom stereocenters. The van der Waals surface area contributed by atoms with Gasteiger partial charge < -0.3 is 4.90 Å². The average Bonchev–Trinajstić information content (AvgIpc) is 2.63. The van der Waals surface area contributed by atoms with Crippen molar-refractivity contribution in [2.45, 2.75) is 50.9 Å². The zero-order valence-electron chi connectivity index (χ0n) is 11.3. The van der Waals surface area contributed by atoms with Gasteiger partial charge in [0.15, 0.2) is 0 Å². The second kappa shape index (κ2) is 6.56. The van der Waals surface area contributed by atoms with Crippen LogP contribution >= 0.6 is 11.6 Å². The lowest BCUT2D eigenvalue weighted by Crippen LogP contribution is -2.35. The number of nitrogens with zero attached hydrogens (tertiary/aromatic N) is 1. The summed E-state index contributed by atoms with van der Waals surface area (Å²) in [5, 5.41) is 0. The fourth-order valence-electron chi connectivity index (χ4n) is 2.87. The van der Waals surface area contributed by atoms with Gasteiger partial charge in [0.05, 0.1) is 0 Å². The molecule has 0 saturated carbocycles. The van der Waals surface area contributed by atoms with Crippen molar-refractivity contribution in [3.05, 3.63) is 29.3 Å². The highest BCUT2D eigenvalue weighted by molar-refractivity contribution is 6.17. The molecule has 106 valence electrons. The summed E-state index contributed by atoms with van der Waals surface area (Å²) >= 11 is 5.64. The molecule has 0 N–H and O–H groups in total. The van der Waals surface area contributed by atoms with E-state index in [1.54, 1.807) is 0 Å². The minimum Gasteiger partial charge on any atom is -0.364 e. The molecule has 1 aliphatic heterocycles. The van der Waals surface area contributed by atoms with Gasteiger partial charge in [-0.25, -0.2) is 8.78 Å². The highest BCUT2D eigenvalue weighted by Crippen LogP contribution is 2.31. The van der Waals surface area contributed by atoms with Gasteiger partial charge in [-0.3, -0.25) is 0 Å². The minimum absolute atomic E-state index is 0.127. The lowest BCUT2D eigenvalue weighted by molar-refractivity contribution is 0.517. The lowest BCUT2D eigenvalue weighted by Gasteiger charge is -2.32. The highest BCUT2D eigenvalue weighted by Gasteiger charge is 2.25. The molecule has 1 atom stereocenters. The summed E-state index contributed by atoms with van der Waals surface area (Å²) in [5.74, 6) is -0.849. The Morgan fingerprint density at radius 1 is 1.21 bits per heavy atom. The van der Waals surface area contributed by atoms with Crippen LogP contribution in [0.2, 0.25) is 0 Å². The van der Waals surface area contributed by atoms with Gasteiger partial charge in [0.1, 0.15) is 17.3 Å². The number of hydrogen-bond acceptors (Lipinski definition) is 1. The molecule has 1 saturated heterocycles. The van der Waals surface area contributed by atoms with E-state index in [1.807, 2.05) is 4.90 Å². The summed E-state index contributed by atoms with van der Waals surface area (Å²) in [6.07, 6.45) is 5.18. The third-order valence-corrected chi connectivity index (χ3v) is 4.18. The van der Waals surface area contributed by atoms with Gasteiger partial charge in [-0.2, -0.15) is 0 Å². The molecule has 0 aromatic heterocycles. The summed E-state index contributed by atoms with van der Waals surface area (Å²) < 4.78 is 28.4. The van der Waals surface area contributed by atoms with Crippen LogP contribution in [-0.4, -0.2) is 12.6 Å². The second-order valence-electron chi connectivity index (χ2n) is 5.15. The topological polar surface area (TPSA) is 3.24 Å². The first-order valence-corrected chi connectivity index (χ1v) is 7.51. The second-order valence-corrected chi connectivity index (χ2v) is 5.41. The van der Waals surface area contributed by atoms with E-state index in [2.05, 4.69) is 6.92 Å². The molecule has 19 heavy (non-hydrogen) atoms. The molecule has 1 nitrogen and oxygen atoms in total. The number of alkyl halides is 1. The predicted molar refractivity (Wildman–Crippen MR) is 75.8 cm³/mol. The Bertz CT molecular complexity index is 413. The van der Waals surface area contributed by atoms with Gasteiger partial charge >= 0.3 is 0 Å². The van der Waals surface area contributed by atoms with Gasteiger partial charge in [0.25, 0.3) is 0 Å². The first-order valence-electron chi connectivity index (χ1n) is 6.98. The van der Waals surface area contributed by atoms with Crippen LogP contribution < -0.4 is 4.90 Å². The Kier molecular flexibility index (Phi) is 5.03. The van der Waals surface area contributed by atoms with Crippen molar-refractivity contribution < 1.29 is 8.78 Å². The highest BCUT2D eigenvalue weighted by atomic mass is 35.5. The maximum Gasteiger partial charge on any atom is 0.149 e. The zero-order valence-corrected chi connectivity index (χ0v) is 12.0. The molecule has 0 amide bonds. The zero-order chi connectivity index (χ0) is 13.8. The van der Waals surface area contributed by atoms with E-state index in [0.29, 0.717) is 5.56 Å². The third kappa shape index (κ3) is 3.19. The predicted octanol–water partition coefficient (Wildman–Crippen LogP) is 4.86. The van der Waals surface area contributed by atoms with Crippen LogP contribution in [0.5, 0.6) is 0 Å². The molecule has 0 aliphatic carbocycles. The Morgan fingerprint density at radius 2 is 1.89 bits per heavy atom. The maximum absolute atomic E-state index is 14.2. The number of benzene rings is 1. The molecule has 1 heterocycles. The van der Waals surface area contributed by atoms with E-state index in [4.69, 9.17) is 11.6 Å². The van der Waals surface area contributed by atoms with Gasteiger partial charge in [-0.05, 0) is 37.0 Å². The first kappa shape index (κ1) is 14.6. The number of halogens is 3. The fourth-order valence-corrected chi connectivity index (χ4v) is 3.02. The van der Waals surface area contributed by atoms with Crippen LogP contribution in [0.15, 0.2) is 12.1 Å². The minimum atomic E-state index is -0.490. The molecule has 0 radical (unpaired) electrons. The Labute approximate surface area is 118 Å². The quantitative estimate of drug-likeness (QED) is 0.718. The summed E-state index contributed by atoms with van der Waals surface area (Å²) in [6, 6.07) is 2.93. The van der Waals surface area contributed by atoms with Crippen molar-refractivity contribution in [2.24, 2.45) is 0 Å². The van der Waals surface area contributed by atoms with Crippen molar-refractivity contribution in [3.8, 4) is 0 Å². The van der Waals surface area contributed by atoms with Crippen LogP contribution in [0.1, 0.15) is 44.6 Å². The molecule has 4 heteroatoms. The molecule has 0 spiro atoms. The molecule has 2 rings (SSSR count). The van der Waals surface area contributed by atoms with Crippen molar-refractivity contribution in [2.75, 3.05) is 11.4 Å². The Hall–Kier alpha value is -0.830. The van der Waals surface area contributed by atoms with Crippen LogP contribution in [0.25, 0.3) is 0 Å². The van der Waals surface area contributed by atoms with E-state index in [-0.39, 0.29) is 17.6 Å². The SMILES string of the molecule is CCC1CCCCCN1c1c(F)cc(CCl)cc1F. The van der Waals surface area contributed by atoms with E-state index >= 15 is 0 Å². The third-order valence-electron chi connectivity index (χ3n) is 3.87. The average molecular weight is 288 g/mol. The van der Waals surface area contributed by atoms with E-state index in [1.165, 1.54) is 12.1 Å². The number of rotatable bonds is 3. The normalized spacial score (nSPS) is 20.4. The number of hydrogen-bond donors (Lipinski definition) is 0. The van der Waals surface area contributed by atoms with E-state index in [9.17, 15) is 8.78 Å². The standard InChI is InChI=1S/C15H20ClF2N/c1-2-12-6-4-3-5-7-19(12)15-13(17)8-11(10-16)9-14(15)18/h8-9,12H,2-7,10H2,1H3. The van der Waals surface area contributed by atoms with Crippen LogP contribution in [0, 0.1) is 11.6 Å². The van der Waals surface area contributed by atoms with Crippen molar-refractivity contribution in [1.82, 2.24) is 0 Å². The smallest absolute Gasteiger partial charge is 0.149 e. The summed E-state index contributed by atoms with van der Waals surface area (Å²) in [4.78, 5) is 1.91. The van der Waals surface area contributed by atoms with Gasteiger partial charge in [0, 0.05) is 18.5 Å². The molecule has 1 fully saturated rings. The fraction of sp³-hybridized carbons (Fsp3) is 0.600. The monoisotopic (exact) mass is 287 g/mol. The summed E-state index contributed by atoms with van der Waals surface area (Å²) in [5.41, 5.74) is 0.617. The maximum atomic E-state index is 14.2. The van der Waals surface area contributed by atoms with Gasteiger partial charge in [-0.1, -0.05) is 19.8 Å². The van der Waals surface area contributed by atoms with Gasteiger partial charge in [0.2, 0.25) is 0 Å². The molecule has 0 bridgehead atoms. The number of anilines is 1. The summed E-state index contributed by atoms with van der Waals surface area (Å²) in [6.45, 7) is 2.80. The van der Waals surface area contributed by atoms with E-state index < -0.39 is 11.6 Å². The molecule has 1 aliphatic rings. The van der Waals surface area contributed by atoms with Gasteiger partial charge in [-0.15, -0.1) is 11.6 Å². The van der Waals surface area contributed by atoms with E-state index in [0.717, 1.165) is 38.6 Å². The van der Waals surface area contributed by atoms with Crippen molar-refractivity contribution >= 4 is 17.3 Å². The summed E-state index contributed by atoms with van der Waals surface area (Å²) in [7, 11) is 0. The van der Waals surface area contributed by atoms with Crippen LogP contribution in [-0.2, 0) is 5.88 Å². The van der Waals surface area contributed by atoms with Crippen molar-refractivity contribution in [3.63, 3.8) is 0 Å². The van der Waals surface area contributed by atoms with Crippen LogP contribution in [0.4, 0.5) is 14.5 Å². The lowest BCUT2D eigenvalue weighted by atomic mass is 10.1. The molecule has 1 aromatic carbocycles. The molecular weight excluding hydrogens is 268 g/mol. The molecular formula is C15H20ClF2N. The Balaban J connectivity index is 2.38. The molecule has 1 aromatic rings. The largest absolute Gasteiger partial charge is 0.364 e. The first-order chi connectivity index (χ1) is 9.17. The van der Waals surface area contributed by atoms with Crippen molar-refractivity contribution in [1.29, 1.82) is 0 Å². The Morgan fingerprint density at radius 3 is 2.47 bits per heavy atom.